The number of thioether (sulfide) groups is 1. The number of H-pyrrole nitrogens is 1. The number of carbonyl (C=O) groups excluding carboxylic acids is 1. The van der Waals surface area contributed by atoms with Crippen molar-refractivity contribution in [3.8, 4) is 16.9 Å². The first-order valence-electron chi connectivity index (χ1n) is 12.1. The van der Waals surface area contributed by atoms with Crippen molar-refractivity contribution in [3.05, 3.63) is 84.1 Å². The number of para-hydroxylation sites is 1. The van der Waals surface area contributed by atoms with Crippen molar-refractivity contribution in [1.29, 1.82) is 0 Å². The molecule has 1 aromatic heterocycles. The van der Waals surface area contributed by atoms with Crippen LogP contribution in [0.1, 0.15) is 42.1 Å². The van der Waals surface area contributed by atoms with Gasteiger partial charge in [0.1, 0.15) is 5.75 Å². The third kappa shape index (κ3) is 5.75. The van der Waals surface area contributed by atoms with E-state index in [0.29, 0.717) is 17.9 Å². The molecule has 4 N–H and O–H groups in total. The average Bonchev–Trinajstić information content (AvgIpc) is 3.35. The molecule has 0 aliphatic heterocycles. The number of nitrogens with one attached hydrogen (secondary N) is 2. The SMILES string of the molecule is CCCOc1ccc(-c2ccc(SCO)cc2)cc1C(=O)NC(CO)[C@H](C)c1c[nH]c2ccccc12. The van der Waals surface area contributed by atoms with Crippen LogP contribution in [0.2, 0.25) is 0 Å². The molecule has 4 aromatic rings. The van der Waals surface area contributed by atoms with Gasteiger partial charge in [0.05, 0.1) is 30.8 Å². The molecule has 0 saturated carbocycles. The first kappa shape index (κ1) is 25.8. The number of amides is 1. The van der Waals surface area contributed by atoms with Crippen molar-refractivity contribution in [3.63, 3.8) is 0 Å². The van der Waals surface area contributed by atoms with E-state index in [9.17, 15) is 9.90 Å². The normalized spacial score (nSPS) is 12.9. The molecule has 4 rings (SSSR count). The summed E-state index contributed by atoms with van der Waals surface area (Å²) < 4.78 is 5.90. The maximum absolute atomic E-state index is 13.5. The lowest BCUT2D eigenvalue weighted by Gasteiger charge is -2.24. The zero-order chi connectivity index (χ0) is 25.5. The predicted molar refractivity (Wildman–Crippen MR) is 146 cm³/mol. The zero-order valence-electron chi connectivity index (χ0n) is 20.5. The number of aliphatic hydroxyl groups excluding tert-OH is 2. The van der Waals surface area contributed by atoms with Crippen LogP contribution in [0, 0.1) is 0 Å². The Labute approximate surface area is 215 Å². The molecule has 1 heterocycles. The van der Waals surface area contributed by atoms with Gasteiger partial charge in [-0.2, -0.15) is 0 Å². The number of ether oxygens (including phenoxy) is 1. The van der Waals surface area contributed by atoms with Gasteiger partial charge in [-0.25, -0.2) is 0 Å². The summed E-state index contributed by atoms with van der Waals surface area (Å²) in [5.74, 6) is 0.133. The van der Waals surface area contributed by atoms with E-state index in [0.717, 1.165) is 38.9 Å². The summed E-state index contributed by atoms with van der Waals surface area (Å²) in [5.41, 5.74) is 4.34. The van der Waals surface area contributed by atoms with Gasteiger partial charge in [0.25, 0.3) is 5.91 Å². The van der Waals surface area contributed by atoms with E-state index in [1.54, 1.807) is 0 Å². The summed E-state index contributed by atoms with van der Waals surface area (Å²) in [5, 5.41) is 23.5. The molecule has 0 bridgehead atoms. The number of benzene rings is 3. The number of aromatic nitrogens is 1. The van der Waals surface area contributed by atoms with Crippen LogP contribution in [0.15, 0.2) is 77.8 Å². The molecule has 0 fully saturated rings. The van der Waals surface area contributed by atoms with Gasteiger partial charge in [-0.3, -0.25) is 4.79 Å². The van der Waals surface area contributed by atoms with Crippen molar-refractivity contribution < 1.29 is 19.7 Å². The van der Waals surface area contributed by atoms with Crippen LogP contribution in [-0.2, 0) is 0 Å². The molecule has 3 aromatic carbocycles. The Bertz CT molecular complexity index is 1300. The molecule has 36 heavy (non-hydrogen) atoms. The highest BCUT2D eigenvalue weighted by molar-refractivity contribution is 7.99. The van der Waals surface area contributed by atoms with Crippen LogP contribution >= 0.6 is 11.8 Å². The smallest absolute Gasteiger partial charge is 0.255 e. The second kappa shape index (κ2) is 12.1. The monoisotopic (exact) mass is 504 g/mol. The van der Waals surface area contributed by atoms with E-state index in [4.69, 9.17) is 9.84 Å². The van der Waals surface area contributed by atoms with Crippen LogP contribution in [0.3, 0.4) is 0 Å². The Kier molecular flexibility index (Phi) is 8.70. The Morgan fingerprint density at radius 3 is 2.53 bits per heavy atom. The number of aliphatic hydroxyl groups is 2. The van der Waals surface area contributed by atoms with Crippen LogP contribution in [0.25, 0.3) is 22.0 Å². The Hall–Kier alpha value is -3.26. The van der Waals surface area contributed by atoms with Gasteiger partial charge >= 0.3 is 0 Å². The molecule has 0 spiro atoms. The van der Waals surface area contributed by atoms with Gasteiger partial charge in [0.2, 0.25) is 0 Å². The quantitative estimate of drug-likeness (QED) is 0.158. The third-order valence-corrected chi connectivity index (χ3v) is 7.07. The molecule has 0 aliphatic rings. The van der Waals surface area contributed by atoms with E-state index in [1.807, 2.05) is 86.8 Å². The van der Waals surface area contributed by atoms with Gasteiger partial charge in [0.15, 0.2) is 0 Å². The topological polar surface area (TPSA) is 94.6 Å². The number of hydrogen-bond acceptors (Lipinski definition) is 5. The summed E-state index contributed by atoms with van der Waals surface area (Å²) in [6.07, 6.45) is 2.77. The number of fused-ring (bicyclic) bond motifs is 1. The first-order valence-corrected chi connectivity index (χ1v) is 13.1. The van der Waals surface area contributed by atoms with Crippen LogP contribution in [-0.4, -0.2) is 46.3 Å². The van der Waals surface area contributed by atoms with E-state index < -0.39 is 6.04 Å². The predicted octanol–water partition coefficient (Wildman–Crippen LogP) is 5.56. The Balaban J connectivity index is 1.61. The molecule has 1 amide bonds. The molecular weight excluding hydrogens is 472 g/mol. The van der Waals surface area contributed by atoms with Crippen LogP contribution < -0.4 is 10.1 Å². The number of rotatable bonds is 11. The van der Waals surface area contributed by atoms with E-state index in [2.05, 4.69) is 10.3 Å². The summed E-state index contributed by atoms with van der Waals surface area (Å²) in [4.78, 5) is 17.8. The fourth-order valence-electron chi connectivity index (χ4n) is 4.31. The molecule has 0 radical (unpaired) electrons. The highest BCUT2D eigenvalue weighted by atomic mass is 32.2. The molecule has 1 unspecified atom stereocenters. The number of hydrogen-bond donors (Lipinski definition) is 4. The Morgan fingerprint density at radius 2 is 1.81 bits per heavy atom. The summed E-state index contributed by atoms with van der Waals surface area (Å²) in [7, 11) is 0. The Morgan fingerprint density at radius 1 is 1.06 bits per heavy atom. The van der Waals surface area contributed by atoms with Gasteiger partial charge < -0.3 is 25.3 Å². The second-order valence-electron chi connectivity index (χ2n) is 8.70. The molecule has 2 atom stereocenters. The summed E-state index contributed by atoms with van der Waals surface area (Å²) in [6.45, 7) is 4.33. The van der Waals surface area contributed by atoms with Crippen LogP contribution in [0.5, 0.6) is 5.75 Å². The van der Waals surface area contributed by atoms with Gasteiger partial charge in [-0.1, -0.05) is 62.0 Å². The minimum Gasteiger partial charge on any atom is -0.493 e. The lowest BCUT2D eigenvalue weighted by molar-refractivity contribution is 0.0903. The summed E-state index contributed by atoms with van der Waals surface area (Å²) in [6, 6.07) is 21.0. The maximum atomic E-state index is 13.5. The van der Waals surface area contributed by atoms with E-state index >= 15 is 0 Å². The van der Waals surface area contributed by atoms with Gasteiger partial charge in [0, 0.05) is 27.9 Å². The minimum atomic E-state index is -0.478. The van der Waals surface area contributed by atoms with Crippen molar-refractivity contribution in [1.82, 2.24) is 10.3 Å². The van der Waals surface area contributed by atoms with Gasteiger partial charge in [-0.05, 0) is 53.4 Å². The lowest BCUT2D eigenvalue weighted by atomic mass is 9.93. The van der Waals surface area contributed by atoms with Crippen molar-refractivity contribution in [2.24, 2.45) is 0 Å². The molecule has 0 saturated heterocycles. The zero-order valence-corrected chi connectivity index (χ0v) is 21.3. The van der Waals surface area contributed by atoms with Gasteiger partial charge in [-0.15, -0.1) is 0 Å². The number of carbonyl (C=O) groups is 1. The second-order valence-corrected chi connectivity index (χ2v) is 9.72. The average molecular weight is 505 g/mol. The van der Waals surface area contributed by atoms with Crippen LogP contribution in [0.4, 0.5) is 0 Å². The molecule has 6 nitrogen and oxygen atoms in total. The maximum Gasteiger partial charge on any atom is 0.255 e. The molecule has 188 valence electrons. The highest BCUT2D eigenvalue weighted by Crippen LogP contribution is 2.31. The fraction of sp³-hybridized carbons (Fsp3) is 0.276. The van der Waals surface area contributed by atoms with E-state index in [1.165, 1.54) is 11.8 Å². The van der Waals surface area contributed by atoms with Crippen molar-refractivity contribution >= 4 is 28.6 Å². The molecular formula is C29H32N2O4S. The minimum absolute atomic E-state index is 0.0239. The fourth-order valence-corrected chi connectivity index (χ4v) is 4.78. The standard InChI is InChI=1S/C29H32N2O4S/c1-3-14-35-28-13-10-21(20-8-11-22(12-9-20)36-18-33)15-24(28)29(34)31-27(17-32)19(2)25-16-30-26-7-5-4-6-23(25)26/h4-13,15-16,19,27,30,32-33H,3,14,17-18H2,1-2H3,(H,31,34)/t19-,27?/m1/s1. The molecule has 7 heteroatoms. The summed E-state index contributed by atoms with van der Waals surface area (Å²) >= 11 is 1.36. The molecule has 0 aliphatic carbocycles. The third-order valence-electron chi connectivity index (χ3n) is 6.33. The largest absolute Gasteiger partial charge is 0.493 e. The first-order chi connectivity index (χ1) is 17.5. The van der Waals surface area contributed by atoms with Crippen molar-refractivity contribution in [2.75, 3.05) is 19.2 Å². The lowest BCUT2D eigenvalue weighted by Crippen LogP contribution is -2.41. The highest BCUT2D eigenvalue weighted by Gasteiger charge is 2.25. The van der Waals surface area contributed by atoms with Crippen molar-refractivity contribution in [2.45, 2.75) is 37.1 Å². The number of aromatic amines is 1. The van der Waals surface area contributed by atoms with E-state index in [-0.39, 0.29) is 24.4 Å².